The van der Waals surface area contributed by atoms with Crippen LogP contribution >= 0.6 is 31.9 Å². The summed E-state index contributed by atoms with van der Waals surface area (Å²) in [5.74, 6) is 5.43. The Morgan fingerprint density at radius 1 is 1.11 bits per heavy atom. The average Bonchev–Trinajstić information content (AvgIpc) is 2.34. The van der Waals surface area contributed by atoms with E-state index in [2.05, 4.69) is 37.3 Å². The van der Waals surface area contributed by atoms with Crippen LogP contribution in [-0.2, 0) is 0 Å². The summed E-state index contributed by atoms with van der Waals surface area (Å²) in [5, 5.41) is 0. The Kier molecular flexibility index (Phi) is 4.73. The van der Waals surface area contributed by atoms with Gasteiger partial charge in [0, 0.05) is 8.95 Å². The molecule has 2 rings (SSSR count). The summed E-state index contributed by atoms with van der Waals surface area (Å²) in [7, 11) is 0. The van der Waals surface area contributed by atoms with Crippen molar-refractivity contribution < 1.29 is 4.39 Å². The van der Waals surface area contributed by atoms with Gasteiger partial charge in [-0.2, -0.15) is 0 Å². The van der Waals surface area contributed by atoms with E-state index < -0.39 is 0 Å². The lowest BCUT2D eigenvalue weighted by Crippen LogP contribution is -2.29. The first-order chi connectivity index (χ1) is 9.02. The van der Waals surface area contributed by atoms with Gasteiger partial charge in [0.2, 0.25) is 0 Å². The average molecular weight is 388 g/mol. The number of hydrogen-bond donors (Lipinski definition) is 2. The molecule has 19 heavy (non-hydrogen) atoms. The molecular formula is C14H13Br2FN2. The van der Waals surface area contributed by atoms with Gasteiger partial charge in [-0.05, 0) is 47.9 Å². The molecule has 2 aromatic rings. The van der Waals surface area contributed by atoms with Crippen LogP contribution in [0.5, 0.6) is 0 Å². The van der Waals surface area contributed by atoms with E-state index >= 15 is 0 Å². The summed E-state index contributed by atoms with van der Waals surface area (Å²) in [4.78, 5) is 0. The molecule has 100 valence electrons. The third kappa shape index (κ3) is 3.23. The van der Waals surface area contributed by atoms with Gasteiger partial charge in [0.25, 0.3) is 0 Å². The van der Waals surface area contributed by atoms with Gasteiger partial charge >= 0.3 is 0 Å². The molecule has 0 fully saturated rings. The third-order valence-corrected chi connectivity index (χ3v) is 4.16. The van der Waals surface area contributed by atoms with E-state index in [0.717, 1.165) is 25.6 Å². The van der Waals surface area contributed by atoms with Crippen LogP contribution in [0.2, 0.25) is 0 Å². The summed E-state index contributed by atoms with van der Waals surface area (Å²) in [6.45, 7) is 1.87. The van der Waals surface area contributed by atoms with Gasteiger partial charge < -0.3 is 0 Å². The standard InChI is InChI=1S/C14H13Br2FN2/c1-8-6-10(17)3-5-11(8)14(19-18)12-4-2-9(15)7-13(12)16/h2-7,14,19H,18H2,1H3. The molecule has 0 bridgehead atoms. The maximum atomic E-state index is 13.2. The molecule has 0 saturated heterocycles. The van der Waals surface area contributed by atoms with Crippen molar-refractivity contribution >= 4 is 31.9 Å². The molecule has 2 aromatic carbocycles. The number of halogens is 3. The van der Waals surface area contributed by atoms with Crippen molar-refractivity contribution in [3.63, 3.8) is 0 Å². The Hall–Kier alpha value is -0.750. The van der Waals surface area contributed by atoms with Crippen LogP contribution in [0.4, 0.5) is 4.39 Å². The second-order valence-corrected chi connectivity index (χ2v) is 6.04. The van der Waals surface area contributed by atoms with Crippen molar-refractivity contribution in [2.45, 2.75) is 13.0 Å². The number of hydrogen-bond acceptors (Lipinski definition) is 2. The lowest BCUT2D eigenvalue weighted by molar-refractivity contribution is 0.611. The topological polar surface area (TPSA) is 38.0 Å². The zero-order chi connectivity index (χ0) is 14.0. The molecule has 0 spiro atoms. The number of nitrogens with two attached hydrogens (primary N) is 1. The fraction of sp³-hybridized carbons (Fsp3) is 0.143. The highest BCUT2D eigenvalue weighted by Crippen LogP contribution is 2.31. The van der Waals surface area contributed by atoms with Crippen LogP contribution in [0.1, 0.15) is 22.7 Å². The smallest absolute Gasteiger partial charge is 0.123 e. The minimum atomic E-state index is -0.244. The number of benzene rings is 2. The minimum Gasteiger partial charge on any atom is -0.271 e. The van der Waals surface area contributed by atoms with Crippen molar-refractivity contribution in [1.29, 1.82) is 0 Å². The molecule has 0 heterocycles. The molecule has 0 aliphatic carbocycles. The van der Waals surface area contributed by atoms with Crippen LogP contribution in [0, 0.1) is 12.7 Å². The number of nitrogens with one attached hydrogen (secondary N) is 1. The van der Waals surface area contributed by atoms with Gasteiger partial charge in [0.15, 0.2) is 0 Å². The highest BCUT2D eigenvalue weighted by atomic mass is 79.9. The first-order valence-corrected chi connectivity index (χ1v) is 7.28. The quantitative estimate of drug-likeness (QED) is 0.611. The van der Waals surface area contributed by atoms with Crippen LogP contribution in [0.15, 0.2) is 45.3 Å². The molecule has 1 unspecified atom stereocenters. The lowest BCUT2D eigenvalue weighted by Gasteiger charge is -2.20. The largest absolute Gasteiger partial charge is 0.271 e. The van der Waals surface area contributed by atoms with Gasteiger partial charge in [-0.15, -0.1) is 0 Å². The Balaban J connectivity index is 2.50. The zero-order valence-electron chi connectivity index (χ0n) is 10.3. The maximum Gasteiger partial charge on any atom is 0.123 e. The van der Waals surface area contributed by atoms with Crippen LogP contribution < -0.4 is 11.3 Å². The number of aryl methyl sites for hydroxylation is 1. The Morgan fingerprint density at radius 3 is 2.37 bits per heavy atom. The van der Waals surface area contributed by atoms with Gasteiger partial charge in [-0.25, -0.2) is 9.82 Å². The van der Waals surface area contributed by atoms with Crippen LogP contribution in [-0.4, -0.2) is 0 Å². The zero-order valence-corrected chi connectivity index (χ0v) is 13.4. The van der Waals surface area contributed by atoms with E-state index in [1.165, 1.54) is 12.1 Å². The highest BCUT2D eigenvalue weighted by Gasteiger charge is 2.17. The van der Waals surface area contributed by atoms with Crippen molar-refractivity contribution in [2.75, 3.05) is 0 Å². The Labute approximate surface area is 128 Å². The minimum absolute atomic E-state index is 0.192. The lowest BCUT2D eigenvalue weighted by atomic mass is 9.95. The van der Waals surface area contributed by atoms with E-state index in [9.17, 15) is 4.39 Å². The summed E-state index contributed by atoms with van der Waals surface area (Å²) in [6.07, 6.45) is 0. The molecule has 0 aliphatic heterocycles. The van der Waals surface area contributed by atoms with E-state index in [1.54, 1.807) is 6.07 Å². The molecule has 0 aromatic heterocycles. The molecule has 2 nitrogen and oxygen atoms in total. The molecule has 0 saturated carbocycles. The van der Waals surface area contributed by atoms with Crippen molar-refractivity contribution in [3.05, 3.63) is 67.9 Å². The molecular weight excluding hydrogens is 375 g/mol. The molecule has 1 atom stereocenters. The van der Waals surface area contributed by atoms with E-state index in [0.29, 0.717) is 0 Å². The van der Waals surface area contributed by atoms with Gasteiger partial charge in [0.1, 0.15) is 5.82 Å². The fourth-order valence-electron chi connectivity index (χ4n) is 2.05. The summed E-state index contributed by atoms with van der Waals surface area (Å²) in [5.41, 5.74) is 5.60. The Bertz CT molecular complexity index is 550. The predicted molar refractivity (Wildman–Crippen MR) is 82.1 cm³/mol. The van der Waals surface area contributed by atoms with Crippen molar-refractivity contribution in [2.24, 2.45) is 5.84 Å². The van der Waals surface area contributed by atoms with E-state index in [-0.39, 0.29) is 11.9 Å². The molecule has 3 N–H and O–H groups in total. The first kappa shape index (κ1) is 14.7. The number of hydrazine groups is 1. The van der Waals surface area contributed by atoms with Crippen molar-refractivity contribution in [1.82, 2.24) is 5.43 Å². The fourth-order valence-corrected chi connectivity index (χ4v) is 3.32. The van der Waals surface area contributed by atoms with Gasteiger partial charge in [-0.1, -0.05) is 44.0 Å². The predicted octanol–water partition coefficient (Wildman–Crippen LogP) is 4.21. The van der Waals surface area contributed by atoms with Crippen LogP contribution in [0.3, 0.4) is 0 Å². The van der Waals surface area contributed by atoms with Gasteiger partial charge in [-0.3, -0.25) is 5.84 Å². The summed E-state index contributed by atoms with van der Waals surface area (Å²) >= 11 is 6.94. The molecule has 0 aliphatic rings. The molecule has 5 heteroatoms. The first-order valence-electron chi connectivity index (χ1n) is 5.70. The Morgan fingerprint density at radius 2 is 1.79 bits per heavy atom. The summed E-state index contributed by atoms with van der Waals surface area (Å²) < 4.78 is 15.1. The number of rotatable bonds is 3. The summed E-state index contributed by atoms with van der Waals surface area (Å²) in [6, 6.07) is 10.4. The maximum absolute atomic E-state index is 13.2. The SMILES string of the molecule is Cc1cc(F)ccc1C(NN)c1ccc(Br)cc1Br. The third-order valence-electron chi connectivity index (χ3n) is 2.98. The second kappa shape index (κ2) is 6.13. The highest BCUT2D eigenvalue weighted by molar-refractivity contribution is 9.11. The van der Waals surface area contributed by atoms with Crippen LogP contribution in [0.25, 0.3) is 0 Å². The normalized spacial score (nSPS) is 12.5. The van der Waals surface area contributed by atoms with Gasteiger partial charge in [0.05, 0.1) is 6.04 Å². The van der Waals surface area contributed by atoms with E-state index in [1.807, 2.05) is 25.1 Å². The molecule has 0 radical (unpaired) electrons. The molecule has 0 amide bonds. The van der Waals surface area contributed by atoms with Crippen molar-refractivity contribution in [3.8, 4) is 0 Å². The monoisotopic (exact) mass is 386 g/mol. The second-order valence-electron chi connectivity index (χ2n) is 4.27. The van der Waals surface area contributed by atoms with E-state index in [4.69, 9.17) is 5.84 Å².